The summed E-state index contributed by atoms with van der Waals surface area (Å²) >= 11 is 4.36. The van der Waals surface area contributed by atoms with Crippen LogP contribution in [-0.2, 0) is 11.8 Å². The number of hydrogen-bond acceptors (Lipinski definition) is 2. The smallest absolute Gasteiger partial charge is 0.123 e. The number of benzene rings is 1. The van der Waals surface area contributed by atoms with E-state index in [1.165, 1.54) is 17.5 Å². The van der Waals surface area contributed by atoms with Gasteiger partial charge in [-0.05, 0) is 29.0 Å². The fourth-order valence-electron chi connectivity index (χ4n) is 1.94. The minimum Gasteiger partial charge on any atom is -0.492 e. The topological polar surface area (TPSA) is 9.23 Å². The van der Waals surface area contributed by atoms with Gasteiger partial charge in [0, 0.05) is 5.25 Å². The van der Waals surface area contributed by atoms with Crippen LogP contribution in [0.25, 0.3) is 0 Å². The average Bonchev–Trinajstić information content (AvgIpc) is 2.26. The molecule has 0 aromatic heterocycles. The van der Waals surface area contributed by atoms with Crippen molar-refractivity contribution in [2.45, 2.75) is 58.1 Å². The van der Waals surface area contributed by atoms with Crippen molar-refractivity contribution >= 4 is 12.6 Å². The molecule has 0 radical (unpaired) electrons. The van der Waals surface area contributed by atoms with Gasteiger partial charge in [0.25, 0.3) is 0 Å². The van der Waals surface area contributed by atoms with Crippen molar-refractivity contribution in [3.8, 4) is 5.75 Å². The van der Waals surface area contributed by atoms with E-state index in [2.05, 4.69) is 58.5 Å². The van der Waals surface area contributed by atoms with Gasteiger partial charge in [0.1, 0.15) is 5.75 Å². The highest BCUT2D eigenvalue weighted by Gasteiger charge is 2.19. The van der Waals surface area contributed by atoms with Crippen LogP contribution in [0, 0.1) is 0 Å². The Morgan fingerprint density at radius 3 is 2.44 bits per heavy atom. The van der Waals surface area contributed by atoms with E-state index in [-0.39, 0.29) is 10.7 Å². The Morgan fingerprint density at radius 2 is 1.94 bits per heavy atom. The summed E-state index contributed by atoms with van der Waals surface area (Å²) < 4.78 is 5.88. The van der Waals surface area contributed by atoms with Crippen LogP contribution in [0.1, 0.15) is 52.2 Å². The second-order valence-corrected chi connectivity index (χ2v) is 6.87. The van der Waals surface area contributed by atoms with Gasteiger partial charge in [-0.15, -0.1) is 0 Å². The third kappa shape index (κ3) is 4.56. The summed E-state index contributed by atoms with van der Waals surface area (Å²) in [5.74, 6) is 1.00. The van der Waals surface area contributed by atoms with Gasteiger partial charge in [-0.3, -0.25) is 0 Å². The molecule has 0 saturated heterocycles. The number of ether oxygens (including phenoxy) is 1. The molecular formula is C16H26OS. The Hall–Kier alpha value is -0.630. The standard InChI is InChI=1S/C16H26OS/c1-6-7-13-8-9-15(17-11-12(2)18)14(10-13)16(3,4)5/h8-10,12,18H,6-7,11H2,1-5H3. The highest BCUT2D eigenvalue weighted by Crippen LogP contribution is 2.32. The highest BCUT2D eigenvalue weighted by atomic mass is 32.1. The number of hydrogen-bond donors (Lipinski definition) is 1. The highest BCUT2D eigenvalue weighted by molar-refractivity contribution is 7.80. The lowest BCUT2D eigenvalue weighted by atomic mass is 9.85. The molecule has 0 aliphatic carbocycles. The largest absolute Gasteiger partial charge is 0.492 e. The molecule has 1 aromatic rings. The fraction of sp³-hybridized carbons (Fsp3) is 0.625. The molecule has 1 nitrogen and oxygen atoms in total. The van der Waals surface area contributed by atoms with Crippen molar-refractivity contribution in [1.82, 2.24) is 0 Å². The molecule has 0 saturated carbocycles. The molecule has 1 rings (SSSR count). The molecule has 0 aliphatic rings. The van der Waals surface area contributed by atoms with E-state index in [1.807, 2.05) is 6.92 Å². The number of rotatable bonds is 5. The molecule has 0 heterocycles. The molecule has 0 amide bonds. The Balaban J connectivity index is 3.01. The first-order valence-electron chi connectivity index (χ1n) is 6.79. The molecule has 1 aromatic carbocycles. The number of thiol groups is 1. The maximum Gasteiger partial charge on any atom is 0.123 e. The minimum absolute atomic E-state index is 0.110. The molecular weight excluding hydrogens is 240 g/mol. The summed E-state index contributed by atoms with van der Waals surface area (Å²) in [6.07, 6.45) is 2.31. The van der Waals surface area contributed by atoms with Crippen molar-refractivity contribution < 1.29 is 4.74 Å². The van der Waals surface area contributed by atoms with Crippen LogP contribution in [0.2, 0.25) is 0 Å². The van der Waals surface area contributed by atoms with Gasteiger partial charge in [0.15, 0.2) is 0 Å². The van der Waals surface area contributed by atoms with E-state index >= 15 is 0 Å². The van der Waals surface area contributed by atoms with Crippen molar-refractivity contribution in [2.75, 3.05) is 6.61 Å². The second kappa shape index (κ2) is 6.51. The van der Waals surface area contributed by atoms with Crippen LogP contribution in [0.15, 0.2) is 18.2 Å². The Labute approximate surface area is 117 Å². The van der Waals surface area contributed by atoms with Crippen LogP contribution in [0.4, 0.5) is 0 Å². The molecule has 0 bridgehead atoms. The Morgan fingerprint density at radius 1 is 1.28 bits per heavy atom. The summed E-state index contributed by atoms with van der Waals surface area (Å²) in [7, 11) is 0. The molecule has 18 heavy (non-hydrogen) atoms. The first-order valence-corrected chi connectivity index (χ1v) is 7.30. The predicted molar refractivity (Wildman–Crippen MR) is 83.1 cm³/mol. The monoisotopic (exact) mass is 266 g/mol. The van der Waals surface area contributed by atoms with E-state index in [0.717, 1.165) is 12.2 Å². The SMILES string of the molecule is CCCc1ccc(OCC(C)S)c(C(C)(C)C)c1. The van der Waals surface area contributed by atoms with Gasteiger partial charge in [0.05, 0.1) is 6.61 Å². The molecule has 0 N–H and O–H groups in total. The Bertz CT molecular complexity index is 377. The van der Waals surface area contributed by atoms with Crippen molar-refractivity contribution in [3.63, 3.8) is 0 Å². The molecule has 1 unspecified atom stereocenters. The summed E-state index contributed by atoms with van der Waals surface area (Å²) in [6.45, 7) is 11.6. The quantitative estimate of drug-likeness (QED) is 0.764. The van der Waals surface area contributed by atoms with Crippen molar-refractivity contribution in [2.24, 2.45) is 0 Å². The van der Waals surface area contributed by atoms with Crippen LogP contribution in [-0.4, -0.2) is 11.9 Å². The second-order valence-electron chi connectivity index (χ2n) is 5.99. The third-order valence-electron chi connectivity index (χ3n) is 2.87. The van der Waals surface area contributed by atoms with Gasteiger partial charge in [-0.2, -0.15) is 12.6 Å². The zero-order valence-corrected chi connectivity index (χ0v) is 13.2. The minimum atomic E-state index is 0.110. The molecule has 0 spiro atoms. The maximum absolute atomic E-state index is 5.88. The van der Waals surface area contributed by atoms with Crippen LogP contribution in [0.3, 0.4) is 0 Å². The lowest BCUT2D eigenvalue weighted by Gasteiger charge is -2.24. The summed E-state index contributed by atoms with van der Waals surface area (Å²) in [5.41, 5.74) is 2.80. The van der Waals surface area contributed by atoms with Gasteiger partial charge < -0.3 is 4.74 Å². The fourth-order valence-corrected chi connectivity index (χ4v) is 2.02. The van der Waals surface area contributed by atoms with Gasteiger partial charge >= 0.3 is 0 Å². The van der Waals surface area contributed by atoms with Crippen LogP contribution in [0.5, 0.6) is 5.75 Å². The molecule has 0 aliphatic heterocycles. The van der Waals surface area contributed by atoms with Crippen LogP contribution < -0.4 is 4.74 Å². The molecule has 102 valence electrons. The molecule has 1 atom stereocenters. The zero-order valence-electron chi connectivity index (χ0n) is 12.3. The first-order chi connectivity index (χ1) is 8.34. The number of aryl methyl sites for hydroxylation is 1. The first kappa shape index (κ1) is 15.4. The van der Waals surface area contributed by atoms with E-state index in [4.69, 9.17) is 4.74 Å². The molecule has 2 heteroatoms. The van der Waals surface area contributed by atoms with E-state index in [1.54, 1.807) is 0 Å². The van der Waals surface area contributed by atoms with E-state index in [0.29, 0.717) is 6.61 Å². The van der Waals surface area contributed by atoms with Crippen LogP contribution >= 0.6 is 12.6 Å². The van der Waals surface area contributed by atoms with Crippen molar-refractivity contribution in [1.29, 1.82) is 0 Å². The lowest BCUT2D eigenvalue weighted by Crippen LogP contribution is -2.16. The Kier molecular flexibility index (Phi) is 5.58. The van der Waals surface area contributed by atoms with Gasteiger partial charge in [-0.1, -0.05) is 53.2 Å². The molecule has 0 fully saturated rings. The maximum atomic E-state index is 5.88. The normalized spacial score (nSPS) is 13.4. The predicted octanol–water partition coefficient (Wildman–Crippen LogP) is 4.63. The summed E-state index contributed by atoms with van der Waals surface area (Å²) in [4.78, 5) is 0. The average molecular weight is 266 g/mol. The third-order valence-corrected chi connectivity index (χ3v) is 3.02. The zero-order chi connectivity index (χ0) is 13.8. The summed E-state index contributed by atoms with van der Waals surface area (Å²) in [5, 5.41) is 0.258. The van der Waals surface area contributed by atoms with Gasteiger partial charge in [0.2, 0.25) is 0 Å². The van der Waals surface area contributed by atoms with E-state index < -0.39 is 0 Å². The van der Waals surface area contributed by atoms with Gasteiger partial charge in [-0.25, -0.2) is 0 Å². The summed E-state index contributed by atoms with van der Waals surface area (Å²) in [6, 6.07) is 6.58. The van der Waals surface area contributed by atoms with Crippen molar-refractivity contribution in [3.05, 3.63) is 29.3 Å². The van der Waals surface area contributed by atoms with E-state index in [9.17, 15) is 0 Å². The lowest BCUT2D eigenvalue weighted by molar-refractivity contribution is 0.313.